The smallest absolute Gasteiger partial charge is 0.407 e. The maximum Gasteiger partial charge on any atom is 0.407 e. The number of hydrogen-bond acceptors (Lipinski definition) is 4. The molecule has 184 valence electrons. The maximum atomic E-state index is 12.7. The zero-order valence-electron chi connectivity index (χ0n) is 20.1. The van der Waals surface area contributed by atoms with Crippen LogP contribution in [-0.4, -0.2) is 41.8 Å². The molecule has 0 bridgehead atoms. The first-order valence-electron chi connectivity index (χ1n) is 12.2. The first-order valence-corrected chi connectivity index (χ1v) is 12.2. The van der Waals surface area contributed by atoms with Crippen molar-refractivity contribution in [2.45, 2.75) is 51.1 Å². The number of alkyl carbamates (subject to hydrolysis) is 1. The van der Waals surface area contributed by atoms with E-state index in [-0.39, 0.29) is 30.4 Å². The van der Waals surface area contributed by atoms with E-state index in [0.29, 0.717) is 19.3 Å². The Balaban J connectivity index is 1.33. The minimum Gasteiger partial charge on any atom is -0.480 e. The average Bonchev–Trinajstić information content (AvgIpc) is 3.19. The van der Waals surface area contributed by atoms with Gasteiger partial charge in [0.25, 0.3) is 0 Å². The summed E-state index contributed by atoms with van der Waals surface area (Å²) in [6.45, 7) is 3.92. The molecule has 4 atom stereocenters. The summed E-state index contributed by atoms with van der Waals surface area (Å²) in [5, 5.41) is 15.0. The second-order valence-electron chi connectivity index (χ2n) is 9.38. The largest absolute Gasteiger partial charge is 0.480 e. The standard InChI is InChI=1S/C28H32N2O5/c1-3-17(2)25(27(32)33)30-26(31)18-9-8-10-19(15-18)29-28(34)35-16-24-22-13-6-4-11-20(22)21-12-5-7-14-23(21)24/h4-8,10-14,17-19,24-25H,3,9,15-16H2,1-2H3,(H,29,34)(H,30,31)(H,32,33)/t17-,18+,19+,25-/m0/s1. The van der Waals surface area contributed by atoms with Crippen LogP contribution in [0.1, 0.15) is 50.2 Å². The molecule has 0 aliphatic heterocycles. The maximum absolute atomic E-state index is 12.7. The normalized spacial score (nSPS) is 20.3. The Hall–Kier alpha value is -3.61. The van der Waals surface area contributed by atoms with Crippen LogP contribution in [0.15, 0.2) is 60.7 Å². The van der Waals surface area contributed by atoms with Crippen molar-refractivity contribution in [3.63, 3.8) is 0 Å². The van der Waals surface area contributed by atoms with Gasteiger partial charge in [0.1, 0.15) is 12.6 Å². The number of carbonyl (C=O) groups excluding carboxylic acids is 2. The SMILES string of the molecule is CC[C@H](C)[C@H](NC(=O)[C@@H]1CC=C[C@@H](NC(=O)OCC2c3ccccc3-c3ccccc32)C1)C(=O)O. The van der Waals surface area contributed by atoms with Crippen LogP contribution in [0.2, 0.25) is 0 Å². The number of aliphatic carboxylic acids is 1. The monoisotopic (exact) mass is 476 g/mol. The van der Waals surface area contributed by atoms with Gasteiger partial charge in [-0.05, 0) is 41.0 Å². The van der Waals surface area contributed by atoms with E-state index in [9.17, 15) is 19.5 Å². The fourth-order valence-electron chi connectivity index (χ4n) is 4.96. The molecule has 7 nitrogen and oxygen atoms in total. The molecule has 2 aliphatic carbocycles. The zero-order valence-corrected chi connectivity index (χ0v) is 20.1. The van der Waals surface area contributed by atoms with Gasteiger partial charge in [0, 0.05) is 11.8 Å². The van der Waals surface area contributed by atoms with Crippen LogP contribution >= 0.6 is 0 Å². The quantitative estimate of drug-likeness (QED) is 0.488. The topological polar surface area (TPSA) is 105 Å². The van der Waals surface area contributed by atoms with Gasteiger partial charge in [-0.2, -0.15) is 0 Å². The summed E-state index contributed by atoms with van der Waals surface area (Å²) < 4.78 is 5.62. The number of fused-ring (bicyclic) bond motifs is 3. The van der Waals surface area contributed by atoms with Crippen molar-refractivity contribution in [3.05, 3.63) is 71.8 Å². The Bertz CT molecular complexity index is 1080. The van der Waals surface area contributed by atoms with E-state index in [2.05, 4.69) is 34.9 Å². The lowest BCUT2D eigenvalue weighted by atomic mass is 9.89. The second-order valence-corrected chi connectivity index (χ2v) is 9.38. The molecule has 2 aliphatic rings. The van der Waals surface area contributed by atoms with Crippen LogP contribution in [0.3, 0.4) is 0 Å². The summed E-state index contributed by atoms with van der Waals surface area (Å²) in [5.74, 6) is -1.95. The zero-order chi connectivity index (χ0) is 24.9. The molecule has 0 heterocycles. The molecule has 0 saturated heterocycles. The minimum atomic E-state index is -1.03. The second kappa shape index (κ2) is 10.8. The highest BCUT2D eigenvalue weighted by Gasteiger charge is 2.32. The van der Waals surface area contributed by atoms with E-state index >= 15 is 0 Å². The van der Waals surface area contributed by atoms with Gasteiger partial charge in [0.15, 0.2) is 0 Å². The van der Waals surface area contributed by atoms with Crippen molar-refractivity contribution >= 4 is 18.0 Å². The van der Waals surface area contributed by atoms with Crippen molar-refractivity contribution in [2.75, 3.05) is 6.61 Å². The predicted molar refractivity (Wildman–Crippen MR) is 133 cm³/mol. The predicted octanol–water partition coefficient (Wildman–Crippen LogP) is 4.48. The van der Waals surface area contributed by atoms with Gasteiger partial charge in [-0.15, -0.1) is 0 Å². The number of rotatable bonds is 8. The summed E-state index contributed by atoms with van der Waals surface area (Å²) in [7, 11) is 0. The number of allylic oxidation sites excluding steroid dienone is 1. The van der Waals surface area contributed by atoms with Crippen LogP contribution < -0.4 is 10.6 Å². The molecule has 0 fully saturated rings. The molecule has 0 spiro atoms. The van der Waals surface area contributed by atoms with Crippen molar-refractivity contribution in [1.82, 2.24) is 10.6 Å². The summed E-state index contributed by atoms with van der Waals surface area (Å²) in [6, 6.07) is 15.0. The van der Waals surface area contributed by atoms with Gasteiger partial charge in [0.2, 0.25) is 5.91 Å². The molecular formula is C28H32N2O5. The van der Waals surface area contributed by atoms with E-state index in [1.165, 1.54) is 11.1 Å². The third-order valence-electron chi connectivity index (χ3n) is 7.12. The first-order chi connectivity index (χ1) is 16.9. The molecule has 7 heteroatoms. The lowest BCUT2D eigenvalue weighted by Crippen LogP contribution is -2.48. The van der Waals surface area contributed by atoms with Crippen molar-refractivity contribution in [2.24, 2.45) is 11.8 Å². The number of hydrogen-bond donors (Lipinski definition) is 3. The number of carbonyl (C=O) groups is 3. The van der Waals surface area contributed by atoms with E-state index in [1.807, 2.05) is 43.3 Å². The van der Waals surface area contributed by atoms with E-state index in [4.69, 9.17) is 4.74 Å². The van der Waals surface area contributed by atoms with Gasteiger partial charge in [0.05, 0.1) is 6.04 Å². The third-order valence-corrected chi connectivity index (χ3v) is 7.12. The number of benzene rings is 2. The molecule has 0 aromatic heterocycles. The summed E-state index contributed by atoms with van der Waals surface area (Å²) in [6.07, 6.45) is 4.70. The Morgan fingerprint density at radius 1 is 1.06 bits per heavy atom. The van der Waals surface area contributed by atoms with Gasteiger partial charge < -0.3 is 20.5 Å². The number of carboxylic acids is 1. The molecule has 3 N–H and O–H groups in total. The van der Waals surface area contributed by atoms with Crippen molar-refractivity contribution in [1.29, 1.82) is 0 Å². The molecule has 35 heavy (non-hydrogen) atoms. The van der Waals surface area contributed by atoms with Crippen molar-refractivity contribution in [3.8, 4) is 11.1 Å². The first kappa shape index (κ1) is 24.5. The highest BCUT2D eigenvalue weighted by atomic mass is 16.5. The number of ether oxygens (including phenoxy) is 1. The van der Waals surface area contributed by atoms with Crippen LogP contribution in [0, 0.1) is 11.8 Å². The molecule has 0 radical (unpaired) electrons. The minimum absolute atomic E-state index is 0.0259. The molecule has 0 unspecified atom stereocenters. The van der Waals surface area contributed by atoms with Crippen molar-refractivity contribution < 1.29 is 24.2 Å². The highest BCUT2D eigenvalue weighted by molar-refractivity contribution is 5.85. The Kier molecular flexibility index (Phi) is 7.54. The van der Waals surface area contributed by atoms with Gasteiger partial charge in [-0.3, -0.25) is 4.79 Å². The van der Waals surface area contributed by atoms with Crippen LogP contribution in [-0.2, 0) is 14.3 Å². The molecular weight excluding hydrogens is 444 g/mol. The number of amides is 2. The van der Waals surface area contributed by atoms with Crippen LogP contribution in [0.4, 0.5) is 4.79 Å². The lowest BCUT2D eigenvalue weighted by Gasteiger charge is -2.27. The lowest BCUT2D eigenvalue weighted by molar-refractivity contribution is -0.144. The average molecular weight is 477 g/mol. The Morgan fingerprint density at radius 2 is 1.69 bits per heavy atom. The summed E-state index contributed by atoms with van der Waals surface area (Å²) >= 11 is 0. The van der Waals surface area contributed by atoms with Crippen LogP contribution in [0.25, 0.3) is 11.1 Å². The number of nitrogens with one attached hydrogen (secondary N) is 2. The van der Waals surface area contributed by atoms with E-state index < -0.39 is 24.0 Å². The number of carboxylic acid groups (broad SMARTS) is 1. The molecule has 2 aromatic carbocycles. The Labute approximate surface area is 205 Å². The summed E-state index contributed by atoms with van der Waals surface area (Å²) in [5.41, 5.74) is 4.62. The summed E-state index contributed by atoms with van der Waals surface area (Å²) in [4.78, 5) is 36.9. The van der Waals surface area contributed by atoms with Crippen LogP contribution in [0.5, 0.6) is 0 Å². The molecule has 2 amide bonds. The fraction of sp³-hybridized carbons (Fsp3) is 0.393. The molecule has 4 rings (SSSR count). The fourth-order valence-corrected chi connectivity index (χ4v) is 4.96. The van der Waals surface area contributed by atoms with Gasteiger partial charge >= 0.3 is 12.1 Å². The molecule has 0 saturated carbocycles. The molecule has 2 aromatic rings. The van der Waals surface area contributed by atoms with Gasteiger partial charge in [-0.25, -0.2) is 9.59 Å². The van der Waals surface area contributed by atoms with E-state index in [1.54, 1.807) is 6.92 Å². The highest BCUT2D eigenvalue weighted by Crippen LogP contribution is 2.44. The van der Waals surface area contributed by atoms with E-state index in [0.717, 1.165) is 11.1 Å². The Morgan fingerprint density at radius 3 is 2.29 bits per heavy atom. The van der Waals surface area contributed by atoms with Gasteiger partial charge in [-0.1, -0.05) is 81.0 Å². The third kappa shape index (κ3) is 5.39.